The number of amides is 1. The summed E-state index contributed by atoms with van der Waals surface area (Å²) in [6.07, 6.45) is 0. The molecule has 0 radical (unpaired) electrons. The van der Waals surface area contributed by atoms with Crippen LogP contribution in [0, 0.1) is 12.7 Å². The van der Waals surface area contributed by atoms with Gasteiger partial charge in [0.1, 0.15) is 17.3 Å². The highest BCUT2D eigenvalue weighted by Gasteiger charge is 2.20. The predicted molar refractivity (Wildman–Crippen MR) is 111 cm³/mol. The predicted octanol–water partition coefficient (Wildman–Crippen LogP) is 2.91. The van der Waals surface area contributed by atoms with Gasteiger partial charge in [-0.25, -0.2) is 4.39 Å². The number of anilines is 1. The summed E-state index contributed by atoms with van der Waals surface area (Å²) in [6, 6.07) is 10.5. The van der Waals surface area contributed by atoms with Crippen molar-refractivity contribution in [3.63, 3.8) is 0 Å². The van der Waals surface area contributed by atoms with E-state index in [1.165, 1.54) is 6.07 Å². The molecule has 1 heterocycles. The second-order valence-corrected chi connectivity index (χ2v) is 7.24. The van der Waals surface area contributed by atoms with Gasteiger partial charge in [-0.05, 0) is 42.8 Å². The van der Waals surface area contributed by atoms with E-state index in [9.17, 15) is 9.18 Å². The summed E-state index contributed by atoms with van der Waals surface area (Å²) in [5, 5.41) is 2.77. The Hall–Kier alpha value is -2.64. The number of benzene rings is 2. The fourth-order valence-electron chi connectivity index (χ4n) is 3.43. The molecule has 156 valence electrons. The van der Waals surface area contributed by atoms with E-state index in [0.29, 0.717) is 17.8 Å². The highest BCUT2D eigenvalue weighted by Crippen LogP contribution is 2.25. The van der Waals surface area contributed by atoms with E-state index in [1.807, 2.05) is 18.2 Å². The Morgan fingerprint density at radius 1 is 1.03 bits per heavy atom. The van der Waals surface area contributed by atoms with Gasteiger partial charge in [0.2, 0.25) is 5.91 Å². The number of ether oxygens (including phenoxy) is 2. The number of halogens is 1. The molecule has 6 nitrogen and oxygen atoms in total. The van der Waals surface area contributed by atoms with Crippen molar-refractivity contribution in [1.29, 1.82) is 0 Å². The van der Waals surface area contributed by atoms with Crippen LogP contribution in [0.25, 0.3) is 0 Å². The Kier molecular flexibility index (Phi) is 7.06. The summed E-state index contributed by atoms with van der Waals surface area (Å²) < 4.78 is 24.4. The number of nitrogens with one attached hydrogen (secondary N) is 1. The van der Waals surface area contributed by atoms with Crippen molar-refractivity contribution >= 4 is 11.6 Å². The summed E-state index contributed by atoms with van der Waals surface area (Å²) in [6.45, 7) is 6.06. The first kappa shape index (κ1) is 21.1. The maximum Gasteiger partial charge on any atom is 0.238 e. The molecule has 0 atom stereocenters. The lowest BCUT2D eigenvalue weighted by molar-refractivity contribution is -0.117. The smallest absolute Gasteiger partial charge is 0.238 e. The molecular formula is C22H28FN3O3. The van der Waals surface area contributed by atoms with Crippen molar-refractivity contribution in [1.82, 2.24) is 9.80 Å². The van der Waals surface area contributed by atoms with Crippen LogP contribution >= 0.6 is 0 Å². The summed E-state index contributed by atoms with van der Waals surface area (Å²) in [5.41, 5.74) is 2.13. The van der Waals surface area contributed by atoms with Crippen LogP contribution in [-0.4, -0.2) is 62.7 Å². The van der Waals surface area contributed by atoms with Crippen LogP contribution in [0.5, 0.6) is 11.5 Å². The molecule has 7 heteroatoms. The largest absolute Gasteiger partial charge is 0.497 e. The molecular weight excluding hydrogens is 373 g/mol. The number of hydrogen-bond donors (Lipinski definition) is 1. The Bertz CT molecular complexity index is 851. The third-order valence-corrected chi connectivity index (χ3v) is 5.17. The zero-order valence-corrected chi connectivity index (χ0v) is 17.2. The standard InChI is InChI=1S/C22H28FN3O3/c1-16-4-5-18(13-20(16)23)24-22(27)15-26-10-8-25(9-11-26)14-17-12-19(28-2)6-7-21(17)29-3/h4-7,12-13H,8-11,14-15H2,1-3H3,(H,24,27). The minimum Gasteiger partial charge on any atom is -0.497 e. The molecule has 1 N–H and O–H groups in total. The van der Waals surface area contributed by atoms with Gasteiger partial charge >= 0.3 is 0 Å². The van der Waals surface area contributed by atoms with Crippen LogP contribution in [-0.2, 0) is 11.3 Å². The SMILES string of the molecule is COc1ccc(OC)c(CN2CCN(CC(=O)Nc3ccc(C)c(F)c3)CC2)c1. The highest BCUT2D eigenvalue weighted by molar-refractivity contribution is 5.92. The lowest BCUT2D eigenvalue weighted by Gasteiger charge is -2.34. The number of rotatable bonds is 7. The minimum atomic E-state index is -0.315. The van der Waals surface area contributed by atoms with Crippen LogP contribution in [0.1, 0.15) is 11.1 Å². The van der Waals surface area contributed by atoms with Crippen molar-refractivity contribution in [2.45, 2.75) is 13.5 Å². The molecule has 1 saturated heterocycles. The Labute approximate surface area is 171 Å². The summed E-state index contributed by atoms with van der Waals surface area (Å²) in [4.78, 5) is 16.7. The van der Waals surface area contributed by atoms with Crippen LogP contribution in [0.2, 0.25) is 0 Å². The molecule has 0 unspecified atom stereocenters. The Morgan fingerprint density at radius 3 is 2.41 bits per heavy atom. The molecule has 0 saturated carbocycles. The minimum absolute atomic E-state index is 0.129. The molecule has 1 fully saturated rings. The van der Waals surface area contributed by atoms with Gasteiger partial charge in [0, 0.05) is 44.0 Å². The number of nitrogens with zero attached hydrogens (tertiary/aromatic N) is 2. The highest BCUT2D eigenvalue weighted by atomic mass is 19.1. The third-order valence-electron chi connectivity index (χ3n) is 5.17. The van der Waals surface area contributed by atoms with Gasteiger partial charge in [-0.2, -0.15) is 0 Å². The van der Waals surface area contributed by atoms with E-state index >= 15 is 0 Å². The molecule has 2 aromatic carbocycles. The van der Waals surface area contributed by atoms with Gasteiger partial charge in [0.25, 0.3) is 0 Å². The first-order chi connectivity index (χ1) is 14.0. The van der Waals surface area contributed by atoms with E-state index < -0.39 is 0 Å². The molecule has 1 amide bonds. The van der Waals surface area contributed by atoms with Crippen molar-refractivity contribution in [2.75, 3.05) is 52.3 Å². The van der Waals surface area contributed by atoms with Crippen molar-refractivity contribution in [3.05, 3.63) is 53.3 Å². The van der Waals surface area contributed by atoms with Crippen molar-refractivity contribution < 1.29 is 18.7 Å². The van der Waals surface area contributed by atoms with E-state index in [2.05, 4.69) is 15.1 Å². The van der Waals surface area contributed by atoms with E-state index in [0.717, 1.165) is 49.8 Å². The van der Waals surface area contributed by atoms with E-state index in [4.69, 9.17) is 9.47 Å². The lowest BCUT2D eigenvalue weighted by atomic mass is 10.1. The number of piperazine rings is 1. The quantitative estimate of drug-likeness (QED) is 0.773. The summed E-state index contributed by atoms with van der Waals surface area (Å²) >= 11 is 0. The van der Waals surface area contributed by atoms with Gasteiger partial charge in [-0.15, -0.1) is 0 Å². The number of aryl methyl sites for hydroxylation is 1. The molecule has 1 aliphatic rings. The maximum atomic E-state index is 13.6. The van der Waals surface area contributed by atoms with Gasteiger partial charge in [-0.3, -0.25) is 14.6 Å². The lowest BCUT2D eigenvalue weighted by Crippen LogP contribution is -2.48. The maximum absolute atomic E-state index is 13.6. The van der Waals surface area contributed by atoms with Crippen molar-refractivity contribution in [3.8, 4) is 11.5 Å². The average Bonchev–Trinajstić information content (AvgIpc) is 2.72. The number of hydrogen-bond acceptors (Lipinski definition) is 5. The van der Waals surface area contributed by atoms with Gasteiger partial charge in [0.05, 0.1) is 20.8 Å². The van der Waals surface area contributed by atoms with Crippen LogP contribution in [0.4, 0.5) is 10.1 Å². The van der Waals surface area contributed by atoms with Crippen LogP contribution in [0.15, 0.2) is 36.4 Å². The molecule has 2 aromatic rings. The first-order valence-corrected chi connectivity index (χ1v) is 9.70. The molecule has 0 spiro atoms. The van der Waals surface area contributed by atoms with Crippen LogP contribution < -0.4 is 14.8 Å². The summed E-state index contributed by atoms with van der Waals surface area (Å²) in [5.74, 6) is 1.21. The van der Waals surface area contributed by atoms with Crippen molar-refractivity contribution in [2.24, 2.45) is 0 Å². The molecule has 29 heavy (non-hydrogen) atoms. The zero-order chi connectivity index (χ0) is 20.8. The molecule has 3 rings (SSSR count). The van der Waals surface area contributed by atoms with Crippen LogP contribution in [0.3, 0.4) is 0 Å². The fourth-order valence-corrected chi connectivity index (χ4v) is 3.43. The average molecular weight is 401 g/mol. The Balaban J connectivity index is 1.49. The molecule has 0 aliphatic carbocycles. The summed E-state index contributed by atoms with van der Waals surface area (Å²) in [7, 11) is 3.32. The monoisotopic (exact) mass is 401 g/mol. The van der Waals surface area contributed by atoms with Gasteiger partial charge in [0.15, 0.2) is 0 Å². The third kappa shape index (κ3) is 5.68. The number of carbonyl (C=O) groups is 1. The number of methoxy groups -OCH3 is 2. The first-order valence-electron chi connectivity index (χ1n) is 9.70. The topological polar surface area (TPSA) is 54.0 Å². The Morgan fingerprint density at radius 2 is 1.76 bits per heavy atom. The number of carbonyl (C=O) groups excluding carboxylic acids is 1. The zero-order valence-electron chi connectivity index (χ0n) is 17.2. The molecule has 1 aliphatic heterocycles. The second kappa shape index (κ2) is 9.71. The normalized spacial score (nSPS) is 15.2. The second-order valence-electron chi connectivity index (χ2n) is 7.24. The van der Waals surface area contributed by atoms with E-state index in [1.54, 1.807) is 33.3 Å². The fraction of sp³-hybridized carbons (Fsp3) is 0.409. The molecule has 0 bridgehead atoms. The van der Waals surface area contributed by atoms with E-state index in [-0.39, 0.29) is 11.7 Å². The van der Waals surface area contributed by atoms with Gasteiger partial charge in [-0.1, -0.05) is 6.07 Å². The van der Waals surface area contributed by atoms with Gasteiger partial charge < -0.3 is 14.8 Å². The molecule has 0 aromatic heterocycles.